The van der Waals surface area contributed by atoms with Crippen molar-refractivity contribution in [1.29, 1.82) is 0 Å². The van der Waals surface area contributed by atoms with Crippen LogP contribution < -0.4 is 5.32 Å². The van der Waals surface area contributed by atoms with Crippen LogP contribution in [0.3, 0.4) is 0 Å². The Morgan fingerprint density at radius 1 is 1.17 bits per heavy atom. The van der Waals surface area contributed by atoms with E-state index in [0.29, 0.717) is 5.56 Å². The molecular formula is C17H12ClF4NO. The summed E-state index contributed by atoms with van der Waals surface area (Å²) in [5, 5.41) is 2.53. The number of hydrogen-bond acceptors (Lipinski definition) is 1. The molecule has 1 N–H and O–H groups in total. The summed E-state index contributed by atoms with van der Waals surface area (Å²) in [6.45, 7) is 1.68. The Kier molecular flexibility index (Phi) is 5.29. The minimum Gasteiger partial charge on any atom is -0.322 e. The number of amides is 1. The third-order valence-corrected chi connectivity index (χ3v) is 3.54. The SMILES string of the molecule is Cc1ccc(F)cc1NC(=O)/C=C/c1cc(C(F)(F)F)ccc1Cl. The number of hydrogen-bond donors (Lipinski definition) is 1. The van der Waals surface area contributed by atoms with E-state index in [4.69, 9.17) is 11.6 Å². The second kappa shape index (κ2) is 7.05. The van der Waals surface area contributed by atoms with Crippen LogP contribution in [0.25, 0.3) is 6.08 Å². The van der Waals surface area contributed by atoms with Crippen molar-refractivity contribution in [3.63, 3.8) is 0 Å². The van der Waals surface area contributed by atoms with Crippen molar-refractivity contribution >= 4 is 29.3 Å². The number of aryl methyl sites for hydroxylation is 1. The van der Waals surface area contributed by atoms with E-state index in [1.54, 1.807) is 6.92 Å². The highest BCUT2D eigenvalue weighted by Crippen LogP contribution is 2.32. The predicted octanol–water partition coefficient (Wildman–Crippen LogP) is 5.46. The first-order valence-electron chi connectivity index (χ1n) is 6.79. The summed E-state index contributed by atoms with van der Waals surface area (Å²) in [7, 11) is 0. The Hall–Kier alpha value is -2.34. The highest BCUT2D eigenvalue weighted by atomic mass is 35.5. The van der Waals surface area contributed by atoms with Crippen LogP contribution in [0.5, 0.6) is 0 Å². The number of halogens is 5. The second-order valence-corrected chi connectivity index (χ2v) is 5.42. The maximum atomic E-state index is 13.2. The fourth-order valence-electron chi connectivity index (χ4n) is 1.92. The summed E-state index contributed by atoms with van der Waals surface area (Å²) in [6, 6.07) is 6.72. The van der Waals surface area contributed by atoms with Gasteiger partial charge in [-0.1, -0.05) is 17.7 Å². The van der Waals surface area contributed by atoms with Gasteiger partial charge < -0.3 is 5.32 Å². The molecule has 0 saturated carbocycles. The van der Waals surface area contributed by atoms with Gasteiger partial charge in [0.15, 0.2) is 0 Å². The molecule has 7 heteroatoms. The molecule has 0 aliphatic heterocycles. The van der Waals surface area contributed by atoms with E-state index in [1.807, 2.05) is 0 Å². The summed E-state index contributed by atoms with van der Waals surface area (Å²) in [6.07, 6.45) is -2.30. The summed E-state index contributed by atoms with van der Waals surface area (Å²) >= 11 is 5.84. The number of nitrogens with one attached hydrogen (secondary N) is 1. The van der Waals surface area contributed by atoms with E-state index < -0.39 is 23.5 Å². The molecule has 0 saturated heterocycles. The van der Waals surface area contributed by atoms with E-state index >= 15 is 0 Å². The van der Waals surface area contributed by atoms with Crippen molar-refractivity contribution in [3.8, 4) is 0 Å². The van der Waals surface area contributed by atoms with Gasteiger partial charge in [0.05, 0.1) is 5.56 Å². The van der Waals surface area contributed by atoms with Gasteiger partial charge in [0, 0.05) is 16.8 Å². The maximum absolute atomic E-state index is 13.2. The number of alkyl halides is 3. The van der Waals surface area contributed by atoms with E-state index in [2.05, 4.69) is 5.32 Å². The number of carbonyl (C=O) groups is 1. The molecule has 0 fully saturated rings. The molecule has 2 aromatic carbocycles. The lowest BCUT2D eigenvalue weighted by atomic mass is 10.1. The smallest absolute Gasteiger partial charge is 0.322 e. The normalized spacial score (nSPS) is 11.8. The van der Waals surface area contributed by atoms with E-state index in [0.717, 1.165) is 30.3 Å². The van der Waals surface area contributed by atoms with Gasteiger partial charge in [-0.05, 0) is 54.5 Å². The predicted molar refractivity (Wildman–Crippen MR) is 85.3 cm³/mol. The van der Waals surface area contributed by atoms with E-state index in [9.17, 15) is 22.4 Å². The average Bonchev–Trinajstić information content (AvgIpc) is 2.49. The number of benzene rings is 2. The molecule has 0 aromatic heterocycles. The van der Waals surface area contributed by atoms with Gasteiger partial charge in [-0.15, -0.1) is 0 Å². The molecule has 0 bridgehead atoms. The molecule has 0 atom stereocenters. The Balaban J connectivity index is 2.18. The zero-order chi connectivity index (χ0) is 17.9. The summed E-state index contributed by atoms with van der Waals surface area (Å²) in [5.74, 6) is -1.13. The molecule has 0 heterocycles. The summed E-state index contributed by atoms with van der Waals surface area (Å²) < 4.78 is 51.2. The monoisotopic (exact) mass is 357 g/mol. The van der Waals surface area contributed by atoms with Gasteiger partial charge in [0.2, 0.25) is 5.91 Å². The van der Waals surface area contributed by atoms with Crippen molar-refractivity contribution in [3.05, 3.63) is 70.0 Å². The Labute approximate surface area is 140 Å². The van der Waals surface area contributed by atoms with Gasteiger partial charge in [-0.2, -0.15) is 13.2 Å². The fraction of sp³-hybridized carbons (Fsp3) is 0.118. The fourth-order valence-corrected chi connectivity index (χ4v) is 2.10. The standard InChI is InChI=1S/C17H12ClF4NO/c1-10-2-5-13(19)9-15(10)23-16(24)7-3-11-8-12(17(20,21)22)4-6-14(11)18/h2-9H,1H3,(H,23,24)/b7-3+. The molecule has 126 valence electrons. The maximum Gasteiger partial charge on any atom is 0.416 e. The van der Waals surface area contributed by atoms with Gasteiger partial charge in [0.1, 0.15) is 5.82 Å². The first kappa shape index (κ1) is 18.0. The third-order valence-electron chi connectivity index (χ3n) is 3.20. The minimum atomic E-state index is -4.51. The number of anilines is 1. The van der Waals surface area contributed by atoms with Crippen LogP contribution in [0.1, 0.15) is 16.7 Å². The molecule has 1 amide bonds. The Bertz CT molecular complexity index is 800. The largest absolute Gasteiger partial charge is 0.416 e. The van der Waals surface area contributed by atoms with E-state index in [-0.39, 0.29) is 16.3 Å². The van der Waals surface area contributed by atoms with Gasteiger partial charge >= 0.3 is 6.18 Å². The van der Waals surface area contributed by atoms with E-state index in [1.165, 1.54) is 18.2 Å². The van der Waals surface area contributed by atoms with Gasteiger partial charge in [0.25, 0.3) is 0 Å². The molecule has 0 aliphatic carbocycles. The average molecular weight is 358 g/mol. The molecule has 0 unspecified atom stereocenters. The summed E-state index contributed by atoms with van der Waals surface area (Å²) in [4.78, 5) is 11.9. The van der Waals surface area contributed by atoms with Crippen molar-refractivity contribution in [2.45, 2.75) is 13.1 Å². The zero-order valence-electron chi connectivity index (χ0n) is 12.4. The van der Waals surface area contributed by atoms with Crippen LogP contribution in [0.15, 0.2) is 42.5 Å². The molecule has 0 aliphatic rings. The number of carbonyl (C=O) groups excluding carboxylic acids is 1. The first-order valence-corrected chi connectivity index (χ1v) is 7.16. The van der Waals surface area contributed by atoms with Crippen LogP contribution in [0, 0.1) is 12.7 Å². The molecule has 2 rings (SSSR count). The number of rotatable bonds is 3. The third kappa shape index (κ3) is 4.58. The van der Waals surface area contributed by atoms with Crippen molar-refractivity contribution in [1.82, 2.24) is 0 Å². The van der Waals surface area contributed by atoms with Crippen molar-refractivity contribution in [2.75, 3.05) is 5.32 Å². The summed E-state index contributed by atoms with van der Waals surface area (Å²) in [5.41, 5.74) is 0.112. The Morgan fingerprint density at radius 2 is 1.88 bits per heavy atom. The lowest BCUT2D eigenvalue weighted by Crippen LogP contribution is -2.09. The van der Waals surface area contributed by atoms with Crippen LogP contribution >= 0.6 is 11.6 Å². The lowest BCUT2D eigenvalue weighted by Gasteiger charge is -2.08. The molecular weight excluding hydrogens is 346 g/mol. The molecule has 0 radical (unpaired) electrons. The topological polar surface area (TPSA) is 29.1 Å². The molecule has 0 spiro atoms. The van der Waals surface area contributed by atoms with Gasteiger partial charge in [-0.3, -0.25) is 4.79 Å². The van der Waals surface area contributed by atoms with Crippen LogP contribution in [0.4, 0.5) is 23.2 Å². The highest BCUT2D eigenvalue weighted by molar-refractivity contribution is 6.32. The lowest BCUT2D eigenvalue weighted by molar-refractivity contribution is -0.137. The van der Waals surface area contributed by atoms with Gasteiger partial charge in [-0.25, -0.2) is 4.39 Å². The highest BCUT2D eigenvalue weighted by Gasteiger charge is 2.30. The second-order valence-electron chi connectivity index (χ2n) is 5.02. The molecule has 2 nitrogen and oxygen atoms in total. The van der Waals surface area contributed by atoms with Crippen molar-refractivity contribution < 1.29 is 22.4 Å². The quantitative estimate of drug-likeness (QED) is 0.573. The zero-order valence-corrected chi connectivity index (χ0v) is 13.2. The first-order chi connectivity index (χ1) is 11.2. The minimum absolute atomic E-state index is 0.0533. The van der Waals surface area contributed by atoms with Crippen LogP contribution in [-0.4, -0.2) is 5.91 Å². The Morgan fingerprint density at radius 3 is 2.54 bits per heavy atom. The molecule has 2 aromatic rings. The molecule has 24 heavy (non-hydrogen) atoms. The van der Waals surface area contributed by atoms with Crippen LogP contribution in [0.2, 0.25) is 5.02 Å². The van der Waals surface area contributed by atoms with Crippen LogP contribution in [-0.2, 0) is 11.0 Å². The van der Waals surface area contributed by atoms with Crippen molar-refractivity contribution in [2.24, 2.45) is 0 Å².